The number of hydrogen-bond donors (Lipinski definition) is 0. The molecular weight excluding hydrogens is 152 g/mol. The van der Waals surface area contributed by atoms with Crippen molar-refractivity contribution in [1.29, 1.82) is 0 Å². The fourth-order valence-corrected chi connectivity index (χ4v) is 0.955. The summed E-state index contributed by atoms with van der Waals surface area (Å²) in [6, 6.07) is 1.79. The van der Waals surface area contributed by atoms with E-state index < -0.39 is 0 Å². The van der Waals surface area contributed by atoms with E-state index in [0.717, 1.165) is 5.69 Å². The minimum atomic E-state index is 0.651. The van der Waals surface area contributed by atoms with Gasteiger partial charge < -0.3 is 0 Å². The van der Waals surface area contributed by atoms with Gasteiger partial charge in [-0.3, -0.25) is 4.57 Å². The van der Waals surface area contributed by atoms with Crippen LogP contribution in [0.5, 0.6) is 0 Å². The summed E-state index contributed by atoms with van der Waals surface area (Å²) in [5.74, 6) is 0.651. The van der Waals surface area contributed by atoms with E-state index in [4.69, 9.17) is 0 Å². The van der Waals surface area contributed by atoms with Gasteiger partial charge in [0.05, 0.1) is 5.69 Å². The fourth-order valence-electron chi connectivity index (χ4n) is 0.955. The molecule has 60 valence electrons. The SMILES string of the molecule is Cc1cn(-c2ncccn2)cn1. The van der Waals surface area contributed by atoms with Crippen molar-refractivity contribution in [2.45, 2.75) is 6.92 Å². The summed E-state index contributed by atoms with van der Waals surface area (Å²) in [7, 11) is 0. The van der Waals surface area contributed by atoms with Crippen molar-refractivity contribution >= 4 is 0 Å². The third-order valence-corrected chi connectivity index (χ3v) is 1.49. The van der Waals surface area contributed by atoms with Crippen LogP contribution in [-0.2, 0) is 0 Å². The normalized spacial score (nSPS) is 10.1. The molecular formula is C8H8N4. The van der Waals surface area contributed by atoms with E-state index in [1.807, 2.05) is 13.1 Å². The van der Waals surface area contributed by atoms with Gasteiger partial charge in [0.15, 0.2) is 0 Å². The van der Waals surface area contributed by atoms with Gasteiger partial charge in [0.2, 0.25) is 5.95 Å². The van der Waals surface area contributed by atoms with Gasteiger partial charge in [-0.1, -0.05) is 0 Å². The highest BCUT2D eigenvalue weighted by molar-refractivity contribution is 5.11. The molecule has 0 unspecified atom stereocenters. The maximum Gasteiger partial charge on any atom is 0.234 e. The highest BCUT2D eigenvalue weighted by atomic mass is 15.2. The number of rotatable bonds is 1. The van der Waals surface area contributed by atoms with Crippen LogP contribution in [0.3, 0.4) is 0 Å². The van der Waals surface area contributed by atoms with Crippen LogP contribution in [0.2, 0.25) is 0 Å². The van der Waals surface area contributed by atoms with E-state index in [1.54, 1.807) is 29.4 Å². The van der Waals surface area contributed by atoms with Crippen LogP contribution in [-0.4, -0.2) is 19.5 Å². The molecule has 0 amide bonds. The van der Waals surface area contributed by atoms with Gasteiger partial charge in [-0.15, -0.1) is 0 Å². The van der Waals surface area contributed by atoms with Crippen LogP contribution >= 0.6 is 0 Å². The van der Waals surface area contributed by atoms with E-state index in [9.17, 15) is 0 Å². The zero-order chi connectivity index (χ0) is 8.39. The van der Waals surface area contributed by atoms with Gasteiger partial charge in [-0.05, 0) is 13.0 Å². The molecule has 0 aliphatic carbocycles. The zero-order valence-electron chi connectivity index (χ0n) is 6.68. The average molecular weight is 160 g/mol. The third kappa shape index (κ3) is 1.18. The van der Waals surface area contributed by atoms with Crippen LogP contribution in [0.4, 0.5) is 0 Å². The Bertz CT molecular complexity index is 366. The largest absolute Gasteiger partial charge is 0.274 e. The van der Waals surface area contributed by atoms with Crippen LogP contribution < -0.4 is 0 Å². The van der Waals surface area contributed by atoms with Crippen molar-refractivity contribution < 1.29 is 0 Å². The molecule has 0 radical (unpaired) electrons. The number of nitrogens with zero attached hydrogens (tertiary/aromatic N) is 4. The molecule has 0 bridgehead atoms. The lowest BCUT2D eigenvalue weighted by Gasteiger charge is -1.95. The van der Waals surface area contributed by atoms with E-state index in [2.05, 4.69) is 15.0 Å². The molecule has 4 heteroatoms. The molecule has 4 nitrogen and oxygen atoms in total. The first-order valence-electron chi connectivity index (χ1n) is 3.64. The minimum absolute atomic E-state index is 0.651. The summed E-state index contributed by atoms with van der Waals surface area (Å²) in [5, 5.41) is 0. The lowest BCUT2D eigenvalue weighted by Crippen LogP contribution is -1.96. The monoisotopic (exact) mass is 160 g/mol. The second-order valence-electron chi connectivity index (χ2n) is 2.47. The van der Waals surface area contributed by atoms with Crippen LogP contribution in [0.1, 0.15) is 5.69 Å². The second-order valence-corrected chi connectivity index (χ2v) is 2.47. The summed E-state index contributed by atoms with van der Waals surface area (Å²) >= 11 is 0. The lowest BCUT2D eigenvalue weighted by atomic mass is 10.6. The molecule has 12 heavy (non-hydrogen) atoms. The quantitative estimate of drug-likeness (QED) is 0.624. The van der Waals surface area contributed by atoms with E-state index >= 15 is 0 Å². The van der Waals surface area contributed by atoms with Gasteiger partial charge in [-0.2, -0.15) is 0 Å². The smallest absolute Gasteiger partial charge is 0.234 e. The first kappa shape index (κ1) is 6.97. The Morgan fingerprint density at radius 2 is 1.92 bits per heavy atom. The standard InChI is InChI=1S/C8H8N4/c1-7-5-12(6-11-7)8-9-3-2-4-10-8/h2-6H,1H3. The molecule has 2 aromatic heterocycles. The third-order valence-electron chi connectivity index (χ3n) is 1.49. The molecule has 0 fully saturated rings. The number of aryl methyl sites for hydroxylation is 1. The summed E-state index contributed by atoms with van der Waals surface area (Å²) in [5.41, 5.74) is 0.961. The molecule has 0 saturated heterocycles. The van der Waals surface area contributed by atoms with Gasteiger partial charge in [0.25, 0.3) is 0 Å². The molecule has 0 saturated carbocycles. The first-order chi connectivity index (χ1) is 5.86. The Balaban J connectivity index is 2.45. The highest BCUT2D eigenvalue weighted by Crippen LogP contribution is 1.99. The van der Waals surface area contributed by atoms with Crippen LogP contribution in [0.15, 0.2) is 31.0 Å². The number of aromatic nitrogens is 4. The van der Waals surface area contributed by atoms with Crippen LogP contribution in [0.25, 0.3) is 5.95 Å². The van der Waals surface area contributed by atoms with Crippen molar-refractivity contribution in [3.05, 3.63) is 36.7 Å². The Labute approximate surface area is 69.9 Å². The highest BCUT2D eigenvalue weighted by Gasteiger charge is 1.97. The predicted molar refractivity (Wildman–Crippen MR) is 43.9 cm³/mol. The summed E-state index contributed by atoms with van der Waals surface area (Å²) in [4.78, 5) is 12.2. The number of hydrogen-bond acceptors (Lipinski definition) is 3. The zero-order valence-corrected chi connectivity index (χ0v) is 6.68. The maximum atomic E-state index is 4.08. The van der Waals surface area contributed by atoms with Crippen molar-refractivity contribution in [3.63, 3.8) is 0 Å². The predicted octanol–water partition coefficient (Wildman–Crippen LogP) is 0.971. The van der Waals surface area contributed by atoms with Gasteiger partial charge in [0, 0.05) is 18.6 Å². The molecule has 0 aromatic carbocycles. The van der Waals surface area contributed by atoms with Crippen molar-refractivity contribution in [3.8, 4) is 5.95 Å². The average Bonchev–Trinajstić information content (AvgIpc) is 2.54. The molecule has 0 N–H and O–H groups in total. The van der Waals surface area contributed by atoms with Crippen molar-refractivity contribution in [2.24, 2.45) is 0 Å². The number of imidazole rings is 1. The van der Waals surface area contributed by atoms with Gasteiger partial charge in [0.1, 0.15) is 6.33 Å². The Kier molecular flexibility index (Phi) is 1.59. The van der Waals surface area contributed by atoms with E-state index in [-0.39, 0.29) is 0 Å². The molecule has 0 aliphatic heterocycles. The summed E-state index contributed by atoms with van der Waals surface area (Å²) in [6.07, 6.45) is 7.00. The van der Waals surface area contributed by atoms with Crippen LogP contribution in [0, 0.1) is 6.92 Å². The second kappa shape index (κ2) is 2.73. The lowest BCUT2D eigenvalue weighted by molar-refractivity contribution is 0.925. The van der Waals surface area contributed by atoms with E-state index in [0.29, 0.717) is 5.95 Å². The van der Waals surface area contributed by atoms with Crippen molar-refractivity contribution in [1.82, 2.24) is 19.5 Å². The minimum Gasteiger partial charge on any atom is -0.274 e. The maximum absolute atomic E-state index is 4.08. The summed E-state index contributed by atoms with van der Waals surface area (Å²) in [6.45, 7) is 1.93. The molecule has 0 aliphatic rings. The first-order valence-corrected chi connectivity index (χ1v) is 3.64. The Hall–Kier alpha value is -1.71. The topological polar surface area (TPSA) is 43.6 Å². The fraction of sp³-hybridized carbons (Fsp3) is 0.125. The van der Waals surface area contributed by atoms with Gasteiger partial charge in [-0.25, -0.2) is 15.0 Å². The van der Waals surface area contributed by atoms with Crippen molar-refractivity contribution in [2.75, 3.05) is 0 Å². The molecule has 2 heterocycles. The molecule has 2 aromatic rings. The van der Waals surface area contributed by atoms with Gasteiger partial charge >= 0.3 is 0 Å². The molecule has 0 spiro atoms. The molecule has 0 atom stereocenters. The summed E-state index contributed by atoms with van der Waals surface area (Å²) < 4.78 is 1.79. The Morgan fingerprint density at radius 1 is 1.17 bits per heavy atom. The Morgan fingerprint density at radius 3 is 2.50 bits per heavy atom. The van der Waals surface area contributed by atoms with E-state index in [1.165, 1.54) is 0 Å². The molecule has 2 rings (SSSR count).